The number of rotatable bonds is 4. The van der Waals surface area contributed by atoms with Crippen molar-refractivity contribution in [1.82, 2.24) is 15.2 Å². The summed E-state index contributed by atoms with van der Waals surface area (Å²) in [5.41, 5.74) is 7.90. The summed E-state index contributed by atoms with van der Waals surface area (Å²) in [6, 6.07) is 2.46. The first-order chi connectivity index (χ1) is 11.0. The van der Waals surface area contributed by atoms with Crippen molar-refractivity contribution in [2.45, 2.75) is 59.7 Å². The summed E-state index contributed by atoms with van der Waals surface area (Å²) in [4.78, 5) is 2.46. The topological polar surface area (TPSA) is 62.4 Å². The molecule has 1 saturated heterocycles. The largest absolute Gasteiger partial charge is 0.392 e. The molecule has 1 aromatic heterocycles. The summed E-state index contributed by atoms with van der Waals surface area (Å²) in [5, 5.41) is 17.7. The van der Waals surface area contributed by atoms with E-state index in [1.54, 1.807) is 0 Å². The molecular formula is C18H25N3O2. The van der Waals surface area contributed by atoms with Gasteiger partial charge in [-0.15, -0.1) is 0 Å². The molecule has 0 amide bonds. The number of aliphatic hydroxyl groups excluding tert-OH is 1. The molecule has 0 bridgehead atoms. The highest BCUT2D eigenvalue weighted by Gasteiger charge is 2.31. The molecule has 2 aromatic rings. The third kappa shape index (κ3) is 2.91. The number of aliphatic hydroxyl groups is 1. The minimum Gasteiger partial charge on any atom is -0.392 e. The zero-order chi connectivity index (χ0) is 16.6. The maximum absolute atomic E-state index is 9.67. The lowest BCUT2D eigenvalue weighted by Crippen LogP contribution is -2.25. The Bertz CT molecular complexity index is 709. The average Bonchev–Trinajstić information content (AvgIpc) is 3.12. The van der Waals surface area contributed by atoms with Crippen molar-refractivity contribution >= 4 is 0 Å². The normalized spacial score (nSPS) is 18.7. The zero-order valence-electron chi connectivity index (χ0n) is 14.4. The van der Waals surface area contributed by atoms with Crippen LogP contribution >= 0.6 is 0 Å². The van der Waals surface area contributed by atoms with Gasteiger partial charge in [0.05, 0.1) is 12.6 Å². The predicted molar refractivity (Wildman–Crippen MR) is 88.0 cm³/mol. The molecule has 0 unspecified atom stereocenters. The van der Waals surface area contributed by atoms with Gasteiger partial charge >= 0.3 is 0 Å². The van der Waals surface area contributed by atoms with Crippen LogP contribution in [0.4, 0.5) is 0 Å². The van der Waals surface area contributed by atoms with Crippen molar-refractivity contribution in [2.75, 3.05) is 6.54 Å². The molecule has 0 spiro atoms. The Morgan fingerprint density at radius 3 is 2.57 bits per heavy atom. The van der Waals surface area contributed by atoms with Crippen LogP contribution in [0, 0.1) is 27.7 Å². The fourth-order valence-corrected chi connectivity index (χ4v) is 3.83. The SMILES string of the molecule is Cc1cc(C)c(CN2CCC[C@H]2c2nonc2C)c(C)c1CO. The van der Waals surface area contributed by atoms with E-state index < -0.39 is 0 Å². The fraction of sp³-hybridized carbons (Fsp3) is 0.556. The Morgan fingerprint density at radius 1 is 1.17 bits per heavy atom. The zero-order valence-corrected chi connectivity index (χ0v) is 14.4. The highest BCUT2D eigenvalue weighted by atomic mass is 16.6. The third-order valence-corrected chi connectivity index (χ3v) is 5.18. The lowest BCUT2D eigenvalue weighted by molar-refractivity contribution is 0.230. The van der Waals surface area contributed by atoms with E-state index in [1.807, 2.05) is 6.92 Å². The minimum absolute atomic E-state index is 0.0979. The van der Waals surface area contributed by atoms with Gasteiger partial charge in [-0.05, 0) is 74.9 Å². The molecule has 124 valence electrons. The molecule has 0 aliphatic carbocycles. The molecule has 1 aliphatic rings. The third-order valence-electron chi connectivity index (χ3n) is 5.18. The van der Waals surface area contributed by atoms with Gasteiger partial charge in [-0.2, -0.15) is 0 Å². The molecule has 1 fully saturated rings. The van der Waals surface area contributed by atoms with E-state index in [2.05, 4.69) is 42.1 Å². The number of hydrogen-bond acceptors (Lipinski definition) is 5. The molecule has 1 atom stereocenters. The molecule has 2 heterocycles. The number of aromatic nitrogens is 2. The summed E-state index contributed by atoms with van der Waals surface area (Å²) in [7, 11) is 0. The Balaban J connectivity index is 1.91. The smallest absolute Gasteiger partial charge is 0.125 e. The lowest BCUT2D eigenvalue weighted by Gasteiger charge is -2.26. The average molecular weight is 315 g/mol. The second kappa shape index (κ2) is 6.42. The summed E-state index contributed by atoms with van der Waals surface area (Å²) in [6.07, 6.45) is 2.25. The quantitative estimate of drug-likeness (QED) is 0.939. The first-order valence-corrected chi connectivity index (χ1v) is 8.25. The Morgan fingerprint density at radius 2 is 1.91 bits per heavy atom. The second-order valence-corrected chi connectivity index (χ2v) is 6.61. The molecule has 5 heteroatoms. The van der Waals surface area contributed by atoms with Crippen LogP contribution in [-0.4, -0.2) is 26.9 Å². The van der Waals surface area contributed by atoms with Crippen molar-refractivity contribution in [3.63, 3.8) is 0 Å². The number of nitrogens with zero attached hydrogens (tertiary/aromatic N) is 3. The van der Waals surface area contributed by atoms with Gasteiger partial charge in [-0.3, -0.25) is 4.90 Å². The Labute approximate surface area is 137 Å². The van der Waals surface area contributed by atoms with Gasteiger partial charge in [-0.25, -0.2) is 4.63 Å². The summed E-state index contributed by atoms with van der Waals surface area (Å²) in [6.45, 7) is 10.3. The van der Waals surface area contributed by atoms with E-state index in [-0.39, 0.29) is 12.6 Å². The van der Waals surface area contributed by atoms with Gasteiger partial charge in [0.1, 0.15) is 11.4 Å². The maximum atomic E-state index is 9.67. The van der Waals surface area contributed by atoms with Gasteiger partial charge in [0, 0.05) is 6.54 Å². The van der Waals surface area contributed by atoms with Crippen LogP contribution in [0.25, 0.3) is 0 Å². The van der Waals surface area contributed by atoms with Crippen molar-refractivity contribution in [2.24, 2.45) is 0 Å². The van der Waals surface area contributed by atoms with Gasteiger partial charge in [-0.1, -0.05) is 16.4 Å². The van der Waals surface area contributed by atoms with Gasteiger partial charge < -0.3 is 5.11 Å². The number of hydrogen-bond donors (Lipinski definition) is 1. The maximum Gasteiger partial charge on any atom is 0.125 e. The molecule has 23 heavy (non-hydrogen) atoms. The Kier molecular flexibility index (Phi) is 4.50. The van der Waals surface area contributed by atoms with Crippen LogP contribution in [-0.2, 0) is 13.2 Å². The minimum atomic E-state index is 0.0979. The standard InChI is InChI=1S/C18H25N3O2/c1-11-8-12(2)16(10-22)13(3)15(11)9-21-7-5-6-17(21)18-14(4)19-23-20-18/h8,17,22H,5-7,9-10H2,1-4H3/t17-/m0/s1. The van der Waals surface area contributed by atoms with Crippen LogP contribution in [0.3, 0.4) is 0 Å². The van der Waals surface area contributed by atoms with Crippen LogP contribution < -0.4 is 0 Å². The molecule has 5 nitrogen and oxygen atoms in total. The number of aryl methyl sites for hydroxylation is 3. The number of likely N-dealkylation sites (tertiary alicyclic amines) is 1. The van der Waals surface area contributed by atoms with E-state index in [0.717, 1.165) is 42.9 Å². The first-order valence-electron chi connectivity index (χ1n) is 8.25. The highest BCUT2D eigenvalue weighted by molar-refractivity contribution is 5.44. The Hall–Kier alpha value is -1.72. The van der Waals surface area contributed by atoms with Crippen LogP contribution in [0.1, 0.15) is 58.1 Å². The van der Waals surface area contributed by atoms with Crippen molar-refractivity contribution in [3.8, 4) is 0 Å². The van der Waals surface area contributed by atoms with E-state index >= 15 is 0 Å². The van der Waals surface area contributed by atoms with Gasteiger partial charge in [0.15, 0.2) is 0 Å². The van der Waals surface area contributed by atoms with Gasteiger partial charge in [0.25, 0.3) is 0 Å². The monoisotopic (exact) mass is 315 g/mol. The van der Waals surface area contributed by atoms with Crippen LogP contribution in [0.2, 0.25) is 0 Å². The van der Waals surface area contributed by atoms with E-state index in [9.17, 15) is 5.11 Å². The molecule has 0 radical (unpaired) electrons. The second-order valence-electron chi connectivity index (χ2n) is 6.61. The summed E-state index contributed by atoms with van der Waals surface area (Å²) in [5.74, 6) is 0. The molecule has 3 rings (SSSR count). The lowest BCUT2D eigenvalue weighted by atomic mass is 9.93. The fourth-order valence-electron chi connectivity index (χ4n) is 3.83. The van der Waals surface area contributed by atoms with Crippen molar-refractivity contribution < 1.29 is 9.74 Å². The highest BCUT2D eigenvalue weighted by Crippen LogP contribution is 2.35. The summed E-state index contributed by atoms with van der Waals surface area (Å²) < 4.78 is 4.90. The van der Waals surface area contributed by atoms with E-state index in [1.165, 1.54) is 22.3 Å². The van der Waals surface area contributed by atoms with E-state index in [0.29, 0.717) is 0 Å². The molecule has 1 aliphatic heterocycles. The van der Waals surface area contributed by atoms with Crippen LogP contribution in [0.5, 0.6) is 0 Å². The van der Waals surface area contributed by atoms with Crippen LogP contribution in [0.15, 0.2) is 10.7 Å². The van der Waals surface area contributed by atoms with Crippen molar-refractivity contribution in [1.29, 1.82) is 0 Å². The molecular weight excluding hydrogens is 290 g/mol. The molecule has 0 saturated carbocycles. The molecule has 1 aromatic carbocycles. The predicted octanol–water partition coefficient (Wildman–Crippen LogP) is 3.13. The molecule has 1 N–H and O–H groups in total. The van der Waals surface area contributed by atoms with Crippen molar-refractivity contribution in [3.05, 3.63) is 45.3 Å². The van der Waals surface area contributed by atoms with E-state index in [4.69, 9.17) is 4.63 Å². The van der Waals surface area contributed by atoms with Gasteiger partial charge in [0.2, 0.25) is 0 Å². The first kappa shape index (κ1) is 16.1. The summed E-state index contributed by atoms with van der Waals surface area (Å²) >= 11 is 0. The number of benzene rings is 1.